The van der Waals surface area contributed by atoms with Crippen molar-refractivity contribution in [3.05, 3.63) is 58.1 Å². The van der Waals surface area contributed by atoms with E-state index in [4.69, 9.17) is 16.3 Å². The minimum absolute atomic E-state index is 0.164. The topological polar surface area (TPSA) is 33.3 Å². The number of benzene rings is 2. The average Bonchev–Trinajstić information content (AvgIpc) is 2.85. The summed E-state index contributed by atoms with van der Waals surface area (Å²) >= 11 is 6.49. The zero-order valence-corrected chi connectivity index (χ0v) is 16.7. The molecule has 0 amide bonds. The highest BCUT2D eigenvalue weighted by Gasteiger charge is 2.15. The Morgan fingerprint density at radius 1 is 1.04 bits per heavy atom. The second kappa shape index (κ2) is 8.32. The van der Waals surface area contributed by atoms with Crippen LogP contribution in [-0.4, -0.2) is 19.7 Å². The molecule has 0 saturated heterocycles. The first-order valence-corrected chi connectivity index (χ1v) is 9.77. The summed E-state index contributed by atoms with van der Waals surface area (Å²) in [5.41, 5.74) is 5.21. The summed E-state index contributed by atoms with van der Waals surface area (Å²) in [6, 6.07) is 12.5. The van der Waals surface area contributed by atoms with Crippen LogP contribution in [0.25, 0.3) is 0 Å². The number of anilines is 1. The smallest absolute Gasteiger partial charge is 0.119 e. The highest BCUT2D eigenvalue weighted by molar-refractivity contribution is 6.33. The molecule has 0 unspecified atom stereocenters. The molecule has 26 heavy (non-hydrogen) atoms. The van der Waals surface area contributed by atoms with Gasteiger partial charge in [-0.3, -0.25) is 0 Å². The van der Waals surface area contributed by atoms with Gasteiger partial charge in [0.2, 0.25) is 0 Å². The molecule has 2 aromatic carbocycles. The van der Waals surface area contributed by atoms with Crippen LogP contribution in [0.4, 0.5) is 5.69 Å². The molecule has 0 saturated carbocycles. The van der Waals surface area contributed by atoms with E-state index in [1.54, 1.807) is 0 Å². The number of fused-ring (bicyclic) bond motifs is 1. The number of hydrogen-bond acceptors (Lipinski definition) is 3. The summed E-state index contributed by atoms with van der Waals surface area (Å²) in [5.74, 6) is 0.918. The molecule has 2 N–H and O–H groups in total. The van der Waals surface area contributed by atoms with E-state index in [1.165, 1.54) is 16.7 Å². The Morgan fingerprint density at radius 3 is 2.50 bits per heavy atom. The van der Waals surface area contributed by atoms with E-state index in [1.807, 2.05) is 18.2 Å². The molecule has 140 valence electrons. The zero-order chi connectivity index (χ0) is 18.6. The van der Waals surface area contributed by atoms with E-state index in [2.05, 4.69) is 49.6 Å². The zero-order valence-electron chi connectivity index (χ0n) is 16.0. The quantitative estimate of drug-likeness (QED) is 0.769. The van der Waals surface area contributed by atoms with Crippen molar-refractivity contribution in [1.82, 2.24) is 5.32 Å². The van der Waals surface area contributed by atoms with Gasteiger partial charge in [0.1, 0.15) is 5.75 Å². The maximum atomic E-state index is 6.49. The van der Waals surface area contributed by atoms with E-state index >= 15 is 0 Å². The van der Waals surface area contributed by atoms with Gasteiger partial charge in [-0.05, 0) is 66.2 Å². The van der Waals surface area contributed by atoms with Crippen molar-refractivity contribution in [3.63, 3.8) is 0 Å². The fraction of sp³-hybridized carbons (Fsp3) is 0.455. The van der Waals surface area contributed by atoms with Gasteiger partial charge in [-0.2, -0.15) is 0 Å². The molecule has 0 spiro atoms. The summed E-state index contributed by atoms with van der Waals surface area (Å²) in [5, 5.41) is 7.82. The lowest BCUT2D eigenvalue weighted by Gasteiger charge is -2.19. The molecule has 1 aliphatic rings. The predicted octanol–water partition coefficient (Wildman–Crippen LogP) is 5.07. The van der Waals surface area contributed by atoms with Gasteiger partial charge in [0.15, 0.2) is 0 Å². The average molecular weight is 373 g/mol. The van der Waals surface area contributed by atoms with Crippen LogP contribution in [0.1, 0.15) is 37.5 Å². The second-order valence-corrected chi connectivity index (χ2v) is 8.56. The highest BCUT2D eigenvalue weighted by atomic mass is 35.5. The molecule has 0 aromatic heterocycles. The van der Waals surface area contributed by atoms with Gasteiger partial charge >= 0.3 is 0 Å². The Hall–Kier alpha value is -1.71. The molecular formula is C22H29ClN2O. The Morgan fingerprint density at radius 2 is 1.77 bits per heavy atom. The van der Waals surface area contributed by atoms with Crippen molar-refractivity contribution in [2.24, 2.45) is 5.41 Å². The minimum atomic E-state index is 0.164. The molecule has 0 aliphatic carbocycles. The van der Waals surface area contributed by atoms with Gasteiger partial charge in [-0.15, -0.1) is 0 Å². The van der Waals surface area contributed by atoms with Gasteiger partial charge in [-0.1, -0.05) is 50.6 Å². The maximum Gasteiger partial charge on any atom is 0.119 e. The first-order valence-electron chi connectivity index (χ1n) is 9.39. The number of rotatable bonds is 5. The molecule has 4 heteroatoms. The second-order valence-electron chi connectivity index (χ2n) is 8.16. The van der Waals surface area contributed by atoms with Crippen LogP contribution in [0.2, 0.25) is 5.02 Å². The van der Waals surface area contributed by atoms with Crippen LogP contribution in [0.5, 0.6) is 5.75 Å². The summed E-state index contributed by atoms with van der Waals surface area (Å²) < 4.78 is 5.85. The molecule has 3 nitrogen and oxygen atoms in total. The molecule has 0 atom stereocenters. The van der Waals surface area contributed by atoms with Gasteiger partial charge < -0.3 is 15.4 Å². The third-order valence-electron chi connectivity index (χ3n) is 4.55. The van der Waals surface area contributed by atoms with Crippen molar-refractivity contribution in [2.45, 2.75) is 40.2 Å². The number of halogens is 1. The monoisotopic (exact) mass is 372 g/mol. The van der Waals surface area contributed by atoms with Crippen LogP contribution in [-0.2, 0) is 19.4 Å². The van der Waals surface area contributed by atoms with Crippen molar-refractivity contribution < 1.29 is 4.74 Å². The van der Waals surface area contributed by atoms with Crippen LogP contribution in [0.3, 0.4) is 0 Å². The molecule has 3 rings (SSSR count). The molecule has 1 heterocycles. The molecule has 1 aliphatic heterocycles. The summed E-state index contributed by atoms with van der Waals surface area (Å²) in [4.78, 5) is 0. The standard InChI is InChI=1S/C22H29ClN2O/c1-22(2,3)15-26-18-7-4-16(5-8-18)14-25-21-19-11-13-24-12-10-17(19)6-9-20(21)23/h4-9,24-25H,10-15H2,1-3H3. The Balaban J connectivity index is 1.66. The molecule has 0 radical (unpaired) electrons. The van der Waals surface area contributed by atoms with E-state index in [0.717, 1.165) is 48.9 Å². The normalized spacial score (nSPS) is 14.5. The maximum absolute atomic E-state index is 6.49. The first-order chi connectivity index (χ1) is 12.4. The molecule has 0 fully saturated rings. The van der Waals surface area contributed by atoms with Gasteiger partial charge in [-0.25, -0.2) is 0 Å². The van der Waals surface area contributed by atoms with Crippen molar-refractivity contribution in [2.75, 3.05) is 25.0 Å². The van der Waals surface area contributed by atoms with E-state index in [9.17, 15) is 0 Å². The number of hydrogen-bond donors (Lipinski definition) is 2. The third kappa shape index (κ3) is 5.15. The van der Waals surface area contributed by atoms with Crippen LogP contribution < -0.4 is 15.4 Å². The molecular weight excluding hydrogens is 344 g/mol. The fourth-order valence-electron chi connectivity index (χ4n) is 3.13. The number of nitrogens with one attached hydrogen (secondary N) is 2. The molecule has 2 aromatic rings. The van der Waals surface area contributed by atoms with Crippen LogP contribution >= 0.6 is 11.6 Å². The Labute approximate surface area is 162 Å². The van der Waals surface area contributed by atoms with Crippen molar-refractivity contribution in [3.8, 4) is 5.75 Å². The third-order valence-corrected chi connectivity index (χ3v) is 4.86. The lowest BCUT2D eigenvalue weighted by molar-refractivity contribution is 0.198. The molecule has 0 bridgehead atoms. The first kappa shape index (κ1) is 19.1. The van der Waals surface area contributed by atoms with E-state index in [0.29, 0.717) is 6.61 Å². The van der Waals surface area contributed by atoms with Gasteiger partial charge in [0, 0.05) is 6.54 Å². The highest BCUT2D eigenvalue weighted by Crippen LogP contribution is 2.31. The van der Waals surface area contributed by atoms with Crippen molar-refractivity contribution in [1.29, 1.82) is 0 Å². The van der Waals surface area contributed by atoms with Gasteiger partial charge in [0.25, 0.3) is 0 Å². The van der Waals surface area contributed by atoms with Crippen LogP contribution in [0.15, 0.2) is 36.4 Å². The largest absolute Gasteiger partial charge is 0.493 e. The summed E-state index contributed by atoms with van der Waals surface area (Å²) in [6.45, 7) is 10.0. The Kier molecular flexibility index (Phi) is 6.10. The number of ether oxygens (including phenoxy) is 1. The lowest BCUT2D eigenvalue weighted by atomic mass is 9.99. The SMILES string of the molecule is CC(C)(C)COc1ccc(CNc2c(Cl)ccc3c2CCNCC3)cc1. The fourth-order valence-corrected chi connectivity index (χ4v) is 3.37. The minimum Gasteiger partial charge on any atom is -0.493 e. The Bertz CT molecular complexity index is 735. The lowest BCUT2D eigenvalue weighted by Crippen LogP contribution is -2.16. The van der Waals surface area contributed by atoms with Gasteiger partial charge in [0.05, 0.1) is 17.3 Å². The van der Waals surface area contributed by atoms with E-state index in [-0.39, 0.29) is 5.41 Å². The van der Waals surface area contributed by atoms with Crippen molar-refractivity contribution >= 4 is 17.3 Å². The summed E-state index contributed by atoms with van der Waals surface area (Å²) in [7, 11) is 0. The summed E-state index contributed by atoms with van der Waals surface area (Å²) in [6.07, 6.45) is 2.07. The predicted molar refractivity (Wildman–Crippen MR) is 110 cm³/mol. The van der Waals surface area contributed by atoms with Crippen LogP contribution in [0, 0.1) is 5.41 Å². The van der Waals surface area contributed by atoms with E-state index < -0.39 is 0 Å².